The van der Waals surface area contributed by atoms with Gasteiger partial charge in [0, 0.05) is 38.3 Å². The molecule has 112 valence electrons. The van der Waals surface area contributed by atoms with Gasteiger partial charge in [-0.2, -0.15) is 4.31 Å². The molecule has 2 unspecified atom stereocenters. The van der Waals surface area contributed by atoms with Crippen LogP contribution in [0.4, 0.5) is 0 Å². The third-order valence-electron chi connectivity index (χ3n) is 4.47. The molecule has 0 spiro atoms. The fraction of sp³-hybridized carbons (Fsp3) is 1.00. The summed E-state index contributed by atoms with van der Waals surface area (Å²) in [6, 6.07) is 0. The number of nitrogens with two attached hydrogens (primary N) is 1. The van der Waals surface area contributed by atoms with Gasteiger partial charge in [0.05, 0.1) is 6.26 Å². The molecule has 2 N–H and O–H groups in total. The summed E-state index contributed by atoms with van der Waals surface area (Å²) in [5.74, 6) is 0.719. The second-order valence-electron chi connectivity index (χ2n) is 6.50. The molecule has 2 fully saturated rings. The summed E-state index contributed by atoms with van der Waals surface area (Å²) in [6.07, 6.45) is 6.00. The van der Waals surface area contributed by atoms with Crippen molar-refractivity contribution in [3.8, 4) is 0 Å². The Labute approximate surface area is 117 Å². The van der Waals surface area contributed by atoms with E-state index < -0.39 is 10.0 Å². The van der Waals surface area contributed by atoms with Crippen molar-refractivity contribution in [1.82, 2.24) is 9.21 Å². The van der Waals surface area contributed by atoms with Crippen molar-refractivity contribution >= 4 is 10.0 Å². The van der Waals surface area contributed by atoms with Crippen LogP contribution in [0.3, 0.4) is 0 Å². The maximum atomic E-state index is 11.5. The van der Waals surface area contributed by atoms with Crippen molar-refractivity contribution in [2.45, 2.75) is 38.1 Å². The van der Waals surface area contributed by atoms with Crippen molar-refractivity contribution in [3.05, 3.63) is 0 Å². The minimum Gasteiger partial charge on any atom is -0.324 e. The predicted octanol–water partition coefficient (Wildman–Crippen LogP) is 0.471. The fourth-order valence-corrected chi connectivity index (χ4v) is 4.34. The molecule has 0 aromatic carbocycles. The highest BCUT2D eigenvalue weighted by Crippen LogP contribution is 2.31. The summed E-state index contributed by atoms with van der Waals surface area (Å²) < 4.78 is 24.5. The van der Waals surface area contributed by atoms with E-state index in [1.807, 2.05) is 0 Å². The van der Waals surface area contributed by atoms with Gasteiger partial charge in [-0.05, 0) is 18.8 Å². The Bertz CT molecular complexity index is 404. The van der Waals surface area contributed by atoms with E-state index in [1.54, 1.807) is 4.31 Å². The number of sulfonamides is 1. The Hall–Kier alpha value is -0.170. The number of nitrogens with zero attached hydrogens (tertiary/aromatic N) is 2. The van der Waals surface area contributed by atoms with Crippen LogP contribution in [-0.4, -0.2) is 62.1 Å². The summed E-state index contributed by atoms with van der Waals surface area (Å²) in [5.41, 5.74) is 6.46. The summed E-state index contributed by atoms with van der Waals surface area (Å²) in [7, 11) is -3.03. The molecule has 6 heteroatoms. The Kier molecular flexibility index (Phi) is 4.55. The molecule has 5 nitrogen and oxygen atoms in total. The normalized spacial score (nSPS) is 35.4. The first-order valence-corrected chi connectivity index (χ1v) is 9.10. The van der Waals surface area contributed by atoms with Crippen molar-refractivity contribution in [1.29, 1.82) is 0 Å². The average Bonchev–Trinajstić information content (AvgIpc) is 2.27. The first kappa shape index (κ1) is 15.2. The van der Waals surface area contributed by atoms with Gasteiger partial charge in [-0.25, -0.2) is 8.42 Å². The highest BCUT2D eigenvalue weighted by atomic mass is 32.2. The first-order valence-electron chi connectivity index (χ1n) is 7.25. The zero-order valence-corrected chi connectivity index (χ0v) is 13.0. The average molecular weight is 289 g/mol. The maximum absolute atomic E-state index is 11.5. The Balaban J connectivity index is 1.85. The van der Waals surface area contributed by atoms with Crippen molar-refractivity contribution in [2.24, 2.45) is 11.7 Å². The van der Waals surface area contributed by atoms with Crippen LogP contribution in [0.2, 0.25) is 0 Å². The number of hydrogen-bond acceptors (Lipinski definition) is 4. The van der Waals surface area contributed by atoms with Gasteiger partial charge in [0.1, 0.15) is 0 Å². The Morgan fingerprint density at radius 2 is 1.89 bits per heavy atom. The third-order valence-corrected chi connectivity index (χ3v) is 5.77. The second-order valence-corrected chi connectivity index (χ2v) is 8.48. The molecule has 19 heavy (non-hydrogen) atoms. The Morgan fingerprint density at radius 1 is 1.26 bits per heavy atom. The molecule has 1 aliphatic heterocycles. The summed E-state index contributed by atoms with van der Waals surface area (Å²) in [6.45, 7) is 6.01. The molecule has 2 aliphatic rings. The lowest BCUT2D eigenvalue weighted by Crippen LogP contribution is -2.57. The van der Waals surface area contributed by atoms with Gasteiger partial charge in [-0.15, -0.1) is 0 Å². The van der Waals surface area contributed by atoms with Crippen LogP contribution in [0.25, 0.3) is 0 Å². The first-order chi connectivity index (χ1) is 8.78. The van der Waals surface area contributed by atoms with E-state index in [0.29, 0.717) is 13.1 Å². The predicted molar refractivity (Wildman–Crippen MR) is 77.4 cm³/mol. The van der Waals surface area contributed by atoms with Crippen molar-refractivity contribution < 1.29 is 8.42 Å². The molecule has 1 saturated heterocycles. The third kappa shape index (κ3) is 4.15. The standard InChI is InChI=1S/C13H27N3O2S/c1-12-4-3-5-13(14,10-12)11-15-6-8-16(9-7-15)19(2,17)18/h12H,3-11,14H2,1-2H3. The number of piperazine rings is 1. The van der Waals surface area contributed by atoms with Crippen LogP contribution in [0.1, 0.15) is 32.6 Å². The van der Waals surface area contributed by atoms with Crippen LogP contribution in [0.5, 0.6) is 0 Å². The van der Waals surface area contributed by atoms with Crippen LogP contribution in [0.15, 0.2) is 0 Å². The Morgan fingerprint density at radius 3 is 2.42 bits per heavy atom. The summed E-state index contributed by atoms with van der Waals surface area (Å²) >= 11 is 0. The van der Waals surface area contributed by atoms with E-state index >= 15 is 0 Å². The molecule has 0 amide bonds. The quantitative estimate of drug-likeness (QED) is 0.820. The second kappa shape index (κ2) is 5.68. The minimum absolute atomic E-state index is 0.0646. The molecular formula is C13H27N3O2S. The fourth-order valence-electron chi connectivity index (χ4n) is 3.51. The summed E-state index contributed by atoms with van der Waals surface area (Å²) in [5, 5.41) is 0. The van der Waals surface area contributed by atoms with Gasteiger partial charge >= 0.3 is 0 Å². The van der Waals surface area contributed by atoms with E-state index in [-0.39, 0.29) is 5.54 Å². The monoisotopic (exact) mass is 289 g/mol. The zero-order valence-electron chi connectivity index (χ0n) is 12.1. The minimum atomic E-state index is -3.03. The molecule has 0 aromatic rings. The van der Waals surface area contributed by atoms with Gasteiger partial charge in [-0.1, -0.05) is 19.8 Å². The number of rotatable bonds is 3. The van der Waals surface area contributed by atoms with Crippen molar-refractivity contribution in [2.75, 3.05) is 39.0 Å². The molecule has 1 saturated carbocycles. The highest BCUT2D eigenvalue weighted by Gasteiger charge is 2.34. The lowest BCUT2D eigenvalue weighted by atomic mass is 9.77. The van der Waals surface area contributed by atoms with Gasteiger partial charge < -0.3 is 5.73 Å². The smallest absolute Gasteiger partial charge is 0.211 e. The molecule has 0 bridgehead atoms. The number of hydrogen-bond donors (Lipinski definition) is 1. The van der Waals surface area contributed by atoms with E-state index in [0.717, 1.165) is 38.4 Å². The molecule has 2 atom stereocenters. The molecule has 0 aromatic heterocycles. The maximum Gasteiger partial charge on any atom is 0.211 e. The van der Waals surface area contributed by atoms with E-state index in [9.17, 15) is 8.42 Å². The van der Waals surface area contributed by atoms with Gasteiger partial charge in [-0.3, -0.25) is 4.90 Å². The van der Waals surface area contributed by atoms with E-state index in [1.165, 1.54) is 19.1 Å². The molecule has 1 aliphatic carbocycles. The van der Waals surface area contributed by atoms with E-state index in [2.05, 4.69) is 11.8 Å². The summed E-state index contributed by atoms with van der Waals surface area (Å²) in [4.78, 5) is 2.33. The lowest BCUT2D eigenvalue weighted by molar-refractivity contribution is 0.119. The van der Waals surface area contributed by atoms with Crippen LogP contribution in [0, 0.1) is 5.92 Å². The molecule has 1 heterocycles. The molecular weight excluding hydrogens is 262 g/mol. The molecule has 2 rings (SSSR count). The van der Waals surface area contributed by atoms with Gasteiger partial charge in [0.15, 0.2) is 0 Å². The van der Waals surface area contributed by atoms with E-state index in [4.69, 9.17) is 5.73 Å². The van der Waals surface area contributed by atoms with Crippen LogP contribution >= 0.6 is 0 Å². The van der Waals surface area contributed by atoms with Crippen molar-refractivity contribution in [3.63, 3.8) is 0 Å². The topological polar surface area (TPSA) is 66.6 Å². The van der Waals surface area contributed by atoms with Gasteiger partial charge in [0.25, 0.3) is 0 Å². The largest absolute Gasteiger partial charge is 0.324 e. The van der Waals surface area contributed by atoms with Gasteiger partial charge in [0.2, 0.25) is 10.0 Å². The van der Waals surface area contributed by atoms with Crippen LogP contribution < -0.4 is 5.73 Å². The SMILES string of the molecule is CC1CCCC(N)(CN2CCN(S(C)(=O)=O)CC2)C1. The lowest BCUT2D eigenvalue weighted by Gasteiger charge is -2.42. The molecule has 0 radical (unpaired) electrons. The highest BCUT2D eigenvalue weighted by molar-refractivity contribution is 7.88. The van der Waals surface area contributed by atoms with Crippen LogP contribution in [-0.2, 0) is 10.0 Å². The zero-order chi connectivity index (χ0) is 14.1.